The van der Waals surface area contributed by atoms with Crippen LogP contribution in [0.4, 0.5) is 33.3 Å². The Kier molecular flexibility index (Phi) is 8.95. The molecule has 2 aromatic heterocycles. The number of piperidine rings is 1. The molecule has 0 unspecified atom stereocenters. The number of imidazole rings is 1. The van der Waals surface area contributed by atoms with Gasteiger partial charge in [0.15, 0.2) is 11.5 Å². The van der Waals surface area contributed by atoms with E-state index in [-0.39, 0.29) is 58.2 Å². The molecule has 0 aliphatic carbocycles. The molecule has 2 atom stereocenters. The number of likely N-dealkylation sites (tertiary alicyclic amines) is 1. The second-order valence-electron chi connectivity index (χ2n) is 8.99. The summed E-state index contributed by atoms with van der Waals surface area (Å²) in [6.45, 7) is 0.718. The molecule has 8 nitrogen and oxygen atoms in total. The van der Waals surface area contributed by atoms with Crippen LogP contribution >= 0.6 is 11.8 Å². The molecule has 3 aromatic rings. The highest BCUT2D eigenvalue weighted by molar-refractivity contribution is 8.00. The summed E-state index contributed by atoms with van der Waals surface area (Å²) >= 11 is -0.366. The molecule has 1 aliphatic rings. The molecule has 1 aliphatic heterocycles. The van der Waals surface area contributed by atoms with E-state index in [0.29, 0.717) is 18.7 Å². The zero-order valence-electron chi connectivity index (χ0n) is 21.8. The lowest BCUT2D eigenvalue weighted by atomic mass is 10.0. The quantitative estimate of drug-likeness (QED) is 0.217. The van der Waals surface area contributed by atoms with E-state index in [1.54, 1.807) is 12.1 Å². The molecule has 0 saturated carbocycles. The van der Waals surface area contributed by atoms with Crippen LogP contribution in [0.5, 0.6) is 5.75 Å². The van der Waals surface area contributed by atoms with Crippen molar-refractivity contribution in [2.45, 2.75) is 29.2 Å². The topological polar surface area (TPSA) is 82.9 Å². The van der Waals surface area contributed by atoms with Crippen molar-refractivity contribution < 1.29 is 31.5 Å². The van der Waals surface area contributed by atoms with Crippen molar-refractivity contribution >= 4 is 34.7 Å². The Morgan fingerprint density at radius 3 is 2.75 bits per heavy atom. The van der Waals surface area contributed by atoms with Crippen LogP contribution in [0.3, 0.4) is 0 Å². The van der Waals surface area contributed by atoms with Crippen molar-refractivity contribution in [1.29, 1.82) is 0 Å². The molecular formula is C26H27F5N6O2S. The number of benzene rings is 1. The number of rotatable bonds is 7. The number of methoxy groups -OCH3 is 1. The van der Waals surface area contributed by atoms with Gasteiger partial charge in [-0.2, -0.15) is 13.2 Å². The number of thioether (sulfide) groups is 1. The van der Waals surface area contributed by atoms with Crippen LogP contribution in [0.2, 0.25) is 0 Å². The molecule has 1 saturated heterocycles. The van der Waals surface area contributed by atoms with E-state index in [9.17, 15) is 26.7 Å². The van der Waals surface area contributed by atoms with E-state index in [0.717, 1.165) is 0 Å². The fourth-order valence-corrected chi connectivity index (χ4v) is 4.99. The predicted molar refractivity (Wildman–Crippen MR) is 143 cm³/mol. The van der Waals surface area contributed by atoms with Crippen LogP contribution in [0, 0.1) is 17.7 Å². The standard InChI is InChI=1S/C26H27F5N6O2S/c1-32-24(38)15-8-9-20(39-3)22(21(15)28)33-11-4-6-19-25(40-26(29,30)31)37-12-5-7-18(23(37)35-19)34-17-10-13-36(2)14-16(17)27/h5,7-9,12,16-17,33-34H,10-11,13-14H2,1-3H3,(H,32,38)/t16-,17+/m0/s1. The molecule has 3 N–H and O–H groups in total. The molecule has 214 valence electrons. The largest absolute Gasteiger partial charge is 0.494 e. The number of carbonyl (C=O) groups excluding carboxylic acids is 1. The number of fused-ring (bicyclic) bond motifs is 1. The molecule has 3 heterocycles. The maximum absolute atomic E-state index is 15.0. The summed E-state index contributed by atoms with van der Waals surface area (Å²) in [5.74, 6) is 3.90. The normalized spacial score (nSPS) is 17.7. The number of anilines is 2. The molecule has 1 aromatic carbocycles. The fraction of sp³-hybridized carbons (Fsp3) is 0.385. The number of pyridine rings is 1. The van der Waals surface area contributed by atoms with Gasteiger partial charge in [0.1, 0.15) is 28.3 Å². The lowest BCUT2D eigenvalue weighted by Gasteiger charge is -2.33. The summed E-state index contributed by atoms with van der Waals surface area (Å²) in [4.78, 5) is 18.2. The number of amides is 1. The maximum atomic E-state index is 15.0. The first-order chi connectivity index (χ1) is 19.0. The van der Waals surface area contributed by atoms with Crippen LogP contribution in [0.15, 0.2) is 35.5 Å². The first-order valence-electron chi connectivity index (χ1n) is 12.2. The molecule has 4 rings (SSSR count). The Hall–Kier alpha value is -3.70. The lowest BCUT2D eigenvalue weighted by Crippen LogP contribution is -2.46. The van der Waals surface area contributed by atoms with E-state index in [2.05, 4.69) is 32.8 Å². The Morgan fingerprint density at radius 2 is 2.08 bits per heavy atom. The second kappa shape index (κ2) is 12.2. The molecule has 40 heavy (non-hydrogen) atoms. The molecular weight excluding hydrogens is 555 g/mol. The fourth-order valence-electron chi connectivity index (χ4n) is 4.33. The van der Waals surface area contributed by atoms with Crippen molar-refractivity contribution in [3.05, 3.63) is 47.5 Å². The van der Waals surface area contributed by atoms with Crippen molar-refractivity contribution in [3.8, 4) is 17.6 Å². The van der Waals surface area contributed by atoms with Gasteiger partial charge in [0.05, 0.1) is 30.9 Å². The van der Waals surface area contributed by atoms with Gasteiger partial charge in [0.2, 0.25) is 0 Å². The first kappa shape index (κ1) is 29.3. The zero-order chi connectivity index (χ0) is 29.0. The first-order valence-corrected chi connectivity index (χ1v) is 13.0. The minimum absolute atomic E-state index is 0.115. The molecule has 1 fully saturated rings. The van der Waals surface area contributed by atoms with E-state index in [1.165, 1.54) is 36.9 Å². The number of ether oxygens (including phenoxy) is 1. The predicted octanol–water partition coefficient (Wildman–Crippen LogP) is 4.37. The number of nitrogens with zero attached hydrogens (tertiary/aromatic N) is 3. The van der Waals surface area contributed by atoms with E-state index >= 15 is 0 Å². The minimum atomic E-state index is -4.62. The van der Waals surface area contributed by atoms with Gasteiger partial charge in [0, 0.05) is 38.1 Å². The number of hydrogen-bond acceptors (Lipinski definition) is 7. The van der Waals surface area contributed by atoms with Gasteiger partial charge in [-0.05, 0) is 43.7 Å². The van der Waals surface area contributed by atoms with Crippen LogP contribution in [-0.4, -0.2) is 78.8 Å². The van der Waals surface area contributed by atoms with Crippen LogP contribution < -0.4 is 20.7 Å². The zero-order valence-corrected chi connectivity index (χ0v) is 22.6. The summed E-state index contributed by atoms with van der Waals surface area (Å²) in [5, 5.41) is 7.90. The summed E-state index contributed by atoms with van der Waals surface area (Å²) in [7, 11) is 4.51. The van der Waals surface area contributed by atoms with Gasteiger partial charge in [-0.3, -0.25) is 9.20 Å². The van der Waals surface area contributed by atoms with Crippen molar-refractivity contribution in [2.75, 3.05) is 51.5 Å². The second-order valence-corrected chi connectivity index (χ2v) is 10.0. The van der Waals surface area contributed by atoms with Crippen LogP contribution in [0.25, 0.3) is 5.65 Å². The highest BCUT2D eigenvalue weighted by Crippen LogP contribution is 2.39. The number of carbonyl (C=O) groups is 1. The van der Waals surface area contributed by atoms with Gasteiger partial charge in [-0.25, -0.2) is 13.8 Å². The van der Waals surface area contributed by atoms with Crippen LogP contribution in [-0.2, 0) is 0 Å². The highest BCUT2D eigenvalue weighted by Gasteiger charge is 2.34. The summed E-state index contributed by atoms with van der Waals surface area (Å²) in [5.41, 5.74) is -4.56. The average Bonchev–Trinajstić information content (AvgIpc) is 3.24. The molecule has 1 amide bonds. The SMILES string of the molecule is CNC(=O)c1ccc(OC)c(NCC#Cc2nc3c(N[C@@H]4CCN(C)C[C@@H]4F)cccn3c2SC(F)(F)F)c1F. The smallest absolute Gasteiger partial charge is 0.447 e. The monoisotopic (exact) mass is 582 g/mol. The van der Waals surface area contributed by atoms with E-state index in [4.69, 9.17) is 4.74 Å². The van der Waals surface area contributed by atoms with Crippen molar-refractivity contribution in [3.63, 3.8) is 0 Å². The Bertz CT molecular complexity index is 1450. The van der Waals surface area contributed by atoms with Gasteiger partial charge >= 0.3 is 5.51 Å². The Labute approximate surface area is 231 Å². The molecule has 0 spiro atoms. The minimum Gasteiger partial charge on any atom is -0.494 e. The maximum Gasteiger partial charge on any atom is 0.447 e. The number of aromatic nitrogens is 2. The summed E-state index contributed by atoms with van der Waals surface area (Å²) < 4.78 is 76.4. The summed E-state index contributed by atoms with van der Waals surface area (Å²) in [6.07, 6.45) is 0.780. The number of alkyl halides is 4. The Balaban J connectivity index is 1.64. The van der Waals surface area contributed by atoms with Gasteiger partial charge in [0.25, 0.3) is 5.91 Å². The molecule has 0 radical (unpaired) electrons. The Morgan fingerprint density at radius 1 is 1.30 bits per heavy atom. The third-order valence-corrected chi connectivity index (χ3v) is 7.07. The van der Waals surface area contributed by atoms with E-state index < -0.39 is 29.4 Å². The third kappa shape index (κ3) is 6.53. The van der Waals surface area contributed by atoms with E-state index in [1.807, 2.05) is 11.9 Å². The van der Waals surface area contributed by atoms with Gasteiger partial charge < -0.3 is 25.6 Å². The molecule has 14 heteroatoms. The number of nitrogens with one attached hydrogen (secondary N) is 3. The highest BCUT2D eigenvalue weighted by atomic mass is 32.2. The number of hydrogen-bond donors (Lipinski definition) is 3. The lowest BCUT2D eigenvalue weighted by molar-refractivity contribution is -0.0330. The van der Waals surface area contributed by atoms with Crippen LogP contribution in [0.1, 0.15) is 22.5 Å². The number of halogens is 5. The summed E-state index contributed by atoms with van der Waals surface area (Å²) in [6, 6.07) is 5.33. The van der Waals surface area contributed by atoms with Crippen molar-refractivity contribution in [1.82, 2.24) is 19.6 Å². The van der Waals surface area contributed by atoms with Crippen molar-refractivity contribution in [2.24, 2.45) is 0 Å². The molecule has 0 bridgehead atoms. The average molecular weight is 583 g/mol. The van der Waals surface area contributed by atoms with Gasteiger partial charge in [-0.15, -0.1) is 0 Å². The van der Waals surface area contributed by atoms with Gasteiger partial charge in [-0.1, -0.05) is 5.92 Å². The third-order valence-electron chi connectivity index (χ3n) is 6.26.